The molecule has 35 heavy (non-hydrogen) atoms. The van der Waals surface area contributed by atoms with E-state index in [1.807, 2.05) is 0 Å². The summed E-state index contributed by atoms with van der Waals surface area (Å²) in [6, 6.07) is 0. The van der Waals surface area contributed by atoms with E-state index in [-0.39, 0.29) is 46.2 Å². The lowest BCUT2D eigenvalue weighted by Crippen LogP contribution is -2.50. The molecule has 9 N–H and O–H groups in total. The molecule has 0 bridgehead atoms. The maximum absolute atomic E-state index is 9.79. The summed E-state index contributed by atoms with van der Waals surface area (Å²) < 4.78 is 28.0. The minimum Gasteiger partial charge on any atom is -0.394 e. The van der Waals surface area contributed by atoms with E-state index in [0.29, 0.717) is 6.42 Å². The summed E-state index contributed by atoms with van der Waals surface area (Å²) in [5.41, 5.74) is 0. The van der Waals surface area contributed by atoms with Gasteiger partial charge in [0, 0.05) is 0 Å². The molecule has 0 rings (SSSR count). The number of hydrogen-bond acceptors (Lipinski definition) is 14. The molecular weight excluding hydrogens is 476 g/mol. The molecule has 8 atom stereocenters. The Hall–Kier alpha value is -0.560. The van der Waals surface area contributed by atoms with Crippen LogP contribution in [-0.2, 0) is 23.7 Å². The molecule has 0 aliphatic heterocycles. The second kappa shape index (κ2) is 21.5. The standard InChI is InChI=1S/C21H44O14/c1-2-14(26)7-31-12-19(33-9-16(28)4-23)21(35-11-18(30)6-25)20(34-10-17(29)5-24)13-32-8-15(27)3-22/h14-30H,2-13H2,1H3. The smallest absolute Gasteiger partial charge is 0.114 e. The molecule has 0 fully saturated rings. The molecule has 0 aromatic rings. The molecule has 212 valence electrons. The van der Waals surface area contributed by atoms with Gasteiger partial charge < -0.3 is 69.6 Å². The van der Waals surface area contributed by atoms with Gasteiger partial charge in [-0.1, -0.05) is 6.92 Å². The quantitative estimate of drug-likeness (QED) is 0.0583. The third kappa shape index (κ3) is 16.7. The van der Waals surface area contributed by atoms with Crippen LogP contribution in [0.4, 0.5) is 0 Å². The van der Waals surface area contributed by atoms with E-state index < -0.39 is 75.3 Å². The van der Waals surface area contributed by atoms with E-state index in [9.17, 15) is 25.5 Å². The number of ether oxygens (including phenoxy) is 5. The van der Waals surface area contributed by atoms with Gasteiger partial charge in [-0.25, -0.2) is 0 Å². The van der Waals surface area contributed by atoms with Crippen molar-refractivity contribution in [1.82, 2.24) is 0 Å². The molecule has 8 unspecified atom stereocenters. The maximum Gasteiger partial charge on any atom is 0.114 e. The van der Waals surface area contributed by atoms with Gasteiger partial charge in [-0.15, -0.1) is 0 Å². The van der Waals surface area contributed by atoms with Crippen LogP contribution in [0.25, 0.3) is 0 Å². The lowest BCUT2D eigenvalue weighted by atomic mass is 10.1. The highest BCUT2D eigenvalue weighted by atomic mass is 16.6. The first-order chi connectivity index (χ1) is 16.7. The van der Waals surface area contributed by atoms with E-state index >= 15 is 0 Å². The van der Waals surface area contributed by atoms with Crippen LogP contribution in [0.3, 0.4) is 0 Å². The molecule has 0 saturated heterocycles. The van der Waals surface area contributed by atoms with E-state index in [1.165, 1.54) is 0 Å². The molecule has 14 nitrogen and oxygen atoms in total. The number of rotatable bonds is 24. The topological polar surface area (TPSA) is 228 Å². The summed E-state index contributed by atoms with van der Waals surface area (Å²) in [7, 11) is 0. The molecule has 14 heteroatoms. The molecule has 0 spiro atoms. The van der Waals surface area contributed by atoms with Crippen LogP contribution in [0.2, 0.25) is 0 Å². The number of aliphatic hydroxyl groups is 9. The van der Waals surface area contributed by atoms with Gasteiger partial charge in [0.15, 0.2) is 0 Å². The van der Waals surface area contributed by atoms with Crippen LogP contribution in [0, 0.1) is 0 Å². The zero-order chi connectivity index (χ0) is 26.6. The summed E-state index contributed by atoms with van der Waals surface area (Å²) >= 11 is 0. The average Bonchev–Trinajstić information content (AvgIpc) is 2.87. The highest BCUT2D eigenvalue weighted by Crippen LogP contribution is 2.16. The first-order valence-corrected chi connectivity index (χ1v) is 11.6. The van der Waals surface area contributed by atoms with E-state index in [0.717, 1.165) is 0 Å². The van der Waals surface area contributed by atoms with Gasteiger partial charge in [0.1, 0.15) is 42.7 Å². The Balaban J connectivity index is 5.74. The fourth-order valence-corrected chi connectivity index (χ4v) is 2.59. The first kappa shape index (κ1) is 34.4. The van der Waals surface area contributed by atoms with Crippen LogP contribution in [0.15, 0.2) is 0 Å². The normalized spacial score (nSPS) is 19.0. The molecule has 0 heterocycles. The van der Waals surface area contributed by atoms with E-state index in [1.54, 1.807) is 6.92 Å². The number of aliphatic hydroxyl groups excluding tert-OH is 9. The number of hydrogen-bond donors (Lipinski definition) is 9. The fraction of sp³-hybridized carbons (Fsp3) is 1.00. The zero-order valence-corrected chi connectivity index (χ0v) is 20.2. The zero-order valence-electron chi connectivity index (χ0n) is 20.2. The highest BCUT2D eigenvalue weighted by Gasteiger charge is 2.34. The monoisotopic (exact) mass is 520 g/mol. The third-order valence-corrected chi connectivity index (χ3v) is 4.72. The van der Waals surface area contributed by atoms with Gasteiger partial charge in [-0.05, 0) is 6.42 Å². The Kier molecular flexibility index (Phi) is 21.2. The average molecular weight is 521 g/mol. The van der Waals surface area contributed by atoms with Crippen LogP contribution in [0.1, 0.15) is 13.3 Å². The van der Waals surface area contributed by atoms with Crippen molar-refractivity contribution in [2.75, 3.05) is 72.7 Å². The summed E-state index contributed by atoms with van der Waals surface area (Å²) in [6.07, 6.45) is -8.39. The van der Waals surface area contributed by atoms with Crippen molar-refractivity contribution >= 4 is 0 Å². The summed E-state index contributed by atoms with van der Waals surface area (Å²) in [5, 5.41) is 84.9. The summed E-state index contributed by atoms with van der Waals surface area (Å²) in [5.74, 6) is 0. The van der Waals surface area contributed by atoms with Gasteiger partial charge in [-0.3, -0.25) is 0 Å². The second-order valence-electron chi connectivity index (χ2n) is 8.02. The van der Waals surface area contributed by atoms with Crippen molar-refractivity contribution in [2.24, 2.45) is 0 Å². The molecule has 0 aliphatic carbocycles. The lowest BCUT2D eigenvalue weighted by Gasteiger charge is -2.34. The SMILES string of the molecule is CCC(O)COCC(OCC(O)CO)C(OCC(O)CO)C(COCC(O)CO)OCC(O)CO. The van der Waals surface area contributed by atoms with Gasteiger partial charge in [-0.2, -0.15) is 0 Å². The van der Waals surface area contributed by atoms with Crippen LogP contribution >= 0.6 is 0 Å². The highest BCUT2D eigenvalue weighted by molar-refractivity contribution is 4.82. The molecule has 0 aromatic heterocycles. The van der Waals surface area contributed by atoms with Gasteiger partial charge in [0.25, 0.3) is 0 Å². The first-order valence-electron chi connectivity index (χ1n) is 11.6. The molecular formula is C21H44O14. The van der Waals surface area contributed by atoms with Gasteiger partial charge in [0.2, 0.25) is 0 Å². The Morgan fingerprint density at radius 3 is 1.17 bits per heavy atom. The van der Waals surface area contributed by atoms with Crippen molar-refractivity contribution in [3.63, 3.8) is 0 Å². The third-order valence-electron chi connectivity index (χ3n) is 4.72. The molecule has 0 saturated carbocycles. The Morgan fingerprint density at radius 1 is 0.457 bits per heavy atom. The van der Waals surface area contributed by atoms with Crippen LogP contribution in [0.5, 0.6) is 0 Å². The van der Waals surface area contributed by atoms with Crippen molar-refractivity contribution in [2.45, 2.75) is 62.2 Å². The summed E-state index contributed by atoms with van der Waals surface area (Å²) in [6.45, 7) is -2.36. The lowest BCUT2D eigenvalue weighted by molar-refractivity contribution is -0.193. The van der Waals surface area contributed by atoms with Crippen LogP contribution in [-0.4, -0.2) is 167 Å². The maximum atomic E-state index is 9.79. The molecule has 0 aromatic carbocycles. The predicted molar refractivity (Wildman–Crippen MR) is 120 cm³/mol. The summed E-state index contributed by atoms with van der Waals surface area (Å²) in [4.78, 5) is 0. The minimum absolute atomic E-state index is 0.0428. The fourth-order valence-electron chi connectivity index (χ4n) is 2.59. The van der Waals surface area contributed by atoms with Crippen LogP contribution < -0.4 is 0 Å². The Labute approximate surface area is 205 Å². The van der Waals surface area contributed by atoms with Crippen molar-refractivity contribution in [3.8, 4) is 0 Å². The van der Waals surface area contributed by atoms with E-state index in [4.69, 9.17) is 44.1 Å². The molecule has 0 amide bonds. The molecule has 0 radical (unpaired) electrons. The van der Waals surface area contributed by atoms with Gasteiger partial charge >= 0.3 is 0 Å². The van der Waals surface area contributed by atoms with Crippen molar-refractivity contribution in [1.29, 1.82) is 0 Å². The minimum atomic E-state index is -1.26. The van der Waals surface area contributed by atoms with E-state index in [2.05, 4.69) is 0 Å². The second-order valence-corrected chi connectivity index (χ2v) is 8.02. The van der Waals surface area contributed by atoms with Crippen molar-refractivity contribution < 1.29 is 69.6 Å². The Morgan fingerprint density at radius 2 is 0.800 bits per heavy atom. The molecule has 0 aliphatic rings. The van der Waals surface area contributed by atoms with Crippen molar-refractivity contribution in [3.05, 3.63) is 0 Å². The Bertz CT molecular complexity index is 439. The predicted octanol–water partition coefficient (Wildman–Crippen LogP) is -4.64. The van der Waals surface area contributed by atoms with Gasteiger partial charge in [0.05, 0.1) is 78.8 Å². The largest absolute Gasteiger partial charge is 0.394 e.